The maximum atomic E-state index is 13.7. The Hall–Kier alpha value is -2.06. The molecule has 9 heteroatoms. The SMILES string of the molecule is COc1cc([C@@H]2NC(=O)OCC2(F)F)cc(C(F)(F)F)c1. The van der Waals surface area contributed by atoms with E-state index in [1.165, 1.54) is 0 Å². The summed E-state index contributed by atoms with van der Waals surface area (Å²) < 4.78 is 74.6. The Morgan fingerprint density at radius 1 is 1.33 bits per heavy atom. The lowest BCUT2D eigenvalue weighted by Gasteiger charge is -2.32. The van der Waals surface area contributed by atoms with E-state index >= 15 is 0 Å². The number of carbonyl (C=O) groups excluding carboxylic acids is 1. The van der Waals surface area contributed by atoms with Crippen LogP contribution in [0.1, 0.15) is 17.2 Å². The van der Waals surface area contributed by atoms with Gasteiger partial charge in [0.1, 0.15) is 11.8 Å². The lowest BCUT2D eigenvalue weighted by molar-refractivity contribution is -0.138. The van der Waals surface area contributed by atoms with E-state index in [4.69, 9.17) is 0 Å². The van der Waals surface area contributed by atoms with Crippen molar-refractivity contribution in [1.82, 2.24) is 5.32 Å². The van der Waals surface area contributed by atoms with E-state index < -0.39 is 42.0 Å². The molecule has 0 radical (unpaired) electrons. The van der Waals surface area contributed by atoms with Crippen molar-refractivity contribution in [2.24, 2.45) is 0 Å². The Labute approximate surface area is 115 Å². The summed E-state index contributed by atoms with van der Waals surface area (Å²) >= 11 is 0. The Balaban J connectivity index is 2.49. The highest BCUT2D eigenvalue weighted by atomic mass is 19.4. The van der Waals surface area contributed by atoms with E-state index in [0.29, 0.717) is 12.1 Å². The first-order valence-corrected chi connectivity index (χ1v) is 5.71. The van der Waals surface area contributed by atoms with Crippen LogP contribution in [0, 0.1) is 0 Å². The molecule has 1 amide bonds. The highest BCUT2D eigenvalue weighted by Gasteiger charge is 2.47. The van der Waals surface area contributed by atoms with Crippen molar-refractivity contribution < 1.29 is 36.2 Å². The Kier molecular flexibility index (Phi) is 3.68. The van der Waals surface area contributed by atoms with E-state index in [2.05, 4.69) is 9.47 Å². The smallest absolute Gasteiger partial charge is 0.416 e. The molecular weight excluding hydrogens is 301 g/mol. The molecule has 0 spiro atoms. The Morgan fingerprint density at radius 2 is 2.00 bits per heavy atom. The van der Waals surface area contributed by atoms with E-state index in [9.17, 15) is 26.7 Å². The van der Waals surface area contributed by atoms with Gasteiger partial charge in [-0.05, 0) is 23.8 Å². The predicted octanol–water partition coefficient (Wildman–Crippen LogP) is 3.13. The molecule has 1 fully saturated rings. The second-order valence-electron chi connectivity index (χ2n) is 4.41. The van der Waals surface area contributed by atoms with Crippen LogP contribution in [-0.2, 0) is 10.9 Å². The summed E-state index contributed by atoms with van der Waals surface area (Å²) in [6.45, 7) is -1.21. The summed E-state index contributed by atoms with van der Waals surface area (Å²) in [6.07, 6.45) is -5.85. The molecule has 0 unspecified atom stereocenters. The highest BCUT2D eigenvalue weighted by molar-refractivity contribution is 5.69. The van der Waals surface area contributed by atoms with E-state index in [0.717, 1.165) is 13.2 Å². The van der Waals surface area contributed by atoms with E-state index in [1.54, 1.807) is 0 Å². The molecule has 21 heavy (non-hydrogen) atoms. The first kappa shape index (κ1) is 15.3. The van der Waals surface area contributed by atoms with Crippen molar-refractivity contribution in [3.05, 3.63) is 29.3 Å². The number of alkyl halides is 5. The normalized spacial score (nSPS) is 21.4. The van der Waals surface area contributed by atoms with Gasteiger partial charge in [0.05, 0.1) is 12.7 Å². The third kappa shape index (κ3) is 3.17. The third-order valence-electron chi connectivity index (χ3n) is 2.91. The fourth-order valence-corrected chi connectivity index (χ4v) is 1.91. The number of benzene rings is 1. The number of hydrogen-bond donors (Lipinski definition) is 1. The number of rotatable bonds is 2. The molecule has 0 bridgehead atoms. The van der Waals surface area contributed by atoms with Gasteiger partial charge in [0.25, 0.3) is 0 Å². The zero-order chi connectivity index (χ0) is 15.8. The summed E-state index contributed by atoms with van der Waals surface area (Å²) in [5.74, 6) is -3.78. The van der Waals surface area contributed by atoms with Crippen LogP contribution in [0.25, 0.3) is 0 Å². The molecule has 1 saturated heterocycles. The molecule has 2 rings (SSSR count). The second-order valence-corrected chi connectivity index (χ2v) is 4.41. The van der Waals surface area contributed by atoms with Crippen molar-refractivity contribution in [2.75, 3.05) is 13.7 Å². The number of carbonyl (C=O) groups is 1. The van der Waals surface area contributed by atoms with Gasteiger partial charge in [-0.2, -0.15) is 13.2 Å². The number of alkyl carbamates (subject to hydrolysis) is 1. The average molecular weight is 311 g/mol. The first-order chi connectivity index (χ1) is 9.63. The number of amides is 1. The number of halogens is 5. The first-order valence-electron chi connectivity index (χ1n) is 5.71. The van der Waals surface area contributed by atoms with Crippen LogP contribution in [0.4, 0.5) is 26.7 Å². The summed E-state index contributed by atoms with van der Waals surface area (Å²) in [5, 5.41) is 1.82. The number of hydrogen-bond acceptors (Lipinski definition) is 3. The van der Waals surface area contributed by atoms with Gasteiger partial charge in [-0.25, -0.2) is 13.6 Å². The van der Waals surface area contributed by atoms with Crippen LogP contribution < -0.4 is 10.1 Å². The summed E-state index contributed by atoms with van der Waals surface area (Å²) in [5.41, 5.74) is -1.56. The topological polar surface area (TPSA) is 47.6 Å². The molecule has 1 heterocycles. The lowest BCUT2D eigenvalue weighted by Crippen LogP contribution is -2.49. The minimum absolute atomic E-state index is 0.239. The van der Waals surface area contributed by atoms with Crippen molar-refractivity contribution in [2.45, 2.75) is 18.1 Å². The fourth-order valence-electron chi connectivity index (χ4n) is 1.91. The number of methoxy groups -OCH3 is 1. The summed E-state index contributed by atoms with van der Waals surface area (Å²) in [4.78, 5) is 11.1. The maximum absolute atomic E-state index is 13.7. The van der Waals surface area contributed by atoms with Gasteiger partial charge in [0.2, 0.25) is 0 Å². The largest absolute Gasteiger partial charge is 0.497 e. The Morgan fingerprint density at radius 3 is 2.57 bits per heavy atom. The monoisotopic (exact) mass is 311 g/mol. The zero-order valence-corrected chi connectivity index (χ0v) is 10.6. The molecule has 116 valence electrons. The van der Waals surface area contributed by atoms with Gasteiger partial charge in [-0.15, -0.1) is 0 Å². The molecule has 0 aromatic heterocycles. The number of nitrogens with one attached hydrogen (secondary N) is 1. The summed E-state index contributed by atoms with van der Waals surface area (Å²) in [6, 6.07) is 0.324. The highest BCUT2D eigenvalue weighted by Crippen LogP contribution is 2.39. The molecule has 1 aromatic rings. The third-order valence-corrected chi connectivity index (χ3v) is 2.91. The number of cyclic esters (lactones) is 1. The van der Waals surface area contributed by atoms with Crippen LogP contribution >= 0.6 is 0 Å². The average Bonchev–Trinajstić information content (AvgIpc) is 2.40. The molecule has 1 aliphatic heterocycles. The van der Waals surface area contributed by atoms with Crippen LogP contribution in [0.2, 0.25) is 0 Å². The van der Waals surface area contributed by atoms with Crippen molar-refractivity contribution in [1.29, 1.82) is 0 Å². The Bertz CT molecular complexity index is 558. The van der Waals surface area contributed by atoms with E-state index in [-0.39, 0.29) is 5.75 Å². The van der Waals surface area contributed by atoms with Crippen LogP contribution in [0.5, 0.6) is 5.75 Å². The van der Waals surface area contributed by atoms with Crippen molar-refractivity contribution in [3.63, 3.8) is 0 Å². The van der Waals surface area contributed by atoms with Gasteiger partial charge in [0, 0.05) is 0 Å². The minimum atomic E-state index is -4.73. The van der Waals surface area contributed by atoms with Crippen LogP contribution in [0.3, 0.4) is 0 Å². The predicted molar refractivity (Wildman–Crippen MR) is 60.2 cm³/mol. The fraction of sp³-hybridized carbons (Fsp3) is 0.417. The second kappa shape index (κ2) is 5.05. The molecule has 0 saturated carbocycles. The van der Waals surface area contributed by atoms with Gasteiger partial charge >= 0.3 is 18.2 Å². The molecular formula is C12H10F5NO3. The maximum Gasteiger partial charge on any atom is 0.416 e. The van der Waals surface area contributed by atoms with Gasteiger partial charge in [-0.3, -0.25) is 0 Å². The molecule has 0 aliphatic carbocycles. The minimum Gasteiger partial charge on any atom is -0.497 e. The molecule has 1 aromatic carbocycles. The molecule has 1 aliphatic rings. The lowest BCUT2D eigenvalue weighted by atomic mass is 9.97. The molecule has 1 N–H and O–H groups in total. The zero-order valence-electron chi connectivity index (χ0n) is 10.6. The van der Waals surface area contributed by atoms with E-state index in [1.807, 2.05) is 5.32 Å². The van der Waals surface area contributed by atoms with Gasteiger partial charge in [-0.1, -0.05) is 0 Å². The van der Waals surface area contributed by atoms with Gasteiger partial charge in [0.15, 0.2) is 6.61 Å². The molecule has 4 nitrogen and oxygen atoms in total. The van der Waals surface area contributed by atoms with Crippen LogP contribution in [0.15, 0.2) is 18.2 Å². The number of ether oxygens (including phenoxy) is 2. The summed E-state index contributed by atoms with van der Waals surface area (Å²) in [7, 11) is 1.11. The van der Waals surface area contributed by atoms with Crippen molar-refractivity contribution in [3.8, 4) is 5.75 Å². The molecule has 1 atom stereocenters. The van der Waals surface area contributed by atoms with Crippen LogP contribution in [-0.4, -0.2) is 25.7 Å². The quantitative estimate of drug-likeness (QED) is 0.854. The standard InChI is InChI=1S/C12H10F5NO3/c1-20-8-3-6(2-7(4-8)12(15,16)17)9-11(13,14)5-21-10(19)18-9/h2-4,9H,5H2,1H3,(H,18,19)/t9-/m0/s1. The van der Waals surface area contributed by atoms with Gasteiger partial charge < -0.3 is 14.8 Å². The van der Waals surface area contributed by atoms with Crippen molar-refractivity contribution >= 4 is 6.09 Å².